The van der Waals surface area contributed by atoms with Crippen molar-refractivity contribution in [1.82, 2.24) is 20.1 Å². The molecule has 1 aromatic rings. The third kappa shape index (κ3) is 5.22. The van der Waals surface area contributed by atoms with Crippen molar-refractivity contribution in [3.05, 3.63) is 11.6 Å². The highest BCUT2D eigenvalue weighted by molar-refractivity contribution is 5.83. The summed E-state index contributed by atoms with van der Waals surface area (Å²) in [6.45, 7) is 10.4. The summed E-state index contributed by atoms with van der Waals surface area (Å²) in [4.78, 5) is 28.0. The van der Waals surface area contributed by atoms with E-state index in [1.54, 1.807) is 20.8 Å². The van der Waals surface area contributed by atoms with Crippen LogP contribution in [0.1, 0.15) is 53.2 Å². The van der Waals surface area contributed by atoms with Crippen LogP contribution in [0.2, 0.25) is 0 Å². The third-order valence-corrected chi connectivity index (χ3v) is 3.14. The lowest BCUT2D eigenvalue weighted by atomic mass is 10.0. The molecule has 0 fully saturated rings. The molecule has 23 heavy (non-hydrogen) atoms. The van der Waals surface area contributed by atoms with Crippen molar-refractivity contribution in [3.8, 4) is 0 Å². The molecule has 0 aromatic carbocycles. The molecule has 1 rings (SSSR count). The number of nitrogens with one attached hydrogen (secondary N) is 1. The van der Waals surface area contributed by atoms with Crippen molar-refractivity contribution < 1.29 is 19.4 Å². The average Bonchev–Trinajstić information content (AvgIpc) is 2.77. The van der Waals surface area contributed by atoms with E-state index in [0.29, 0.717) is 24.5 Å². The Balaban J connectivity index is 2.99. The van der Waals surface area contributed by atoms with Crippen molar-refractivity contribution >= 4 is 12.1 Å². The smallest absolute Gasteiger partial charge is 0.408 e. The number of hydrogen-bond donors (Lipinski definition) is 2. The van der Waals surface area contributed by atoms with E-state index < -0.39 is 23.2 Å². The van der Waals surface area contributed by atoms with Gasteiger partial charge in [-0.3, -0.25) is 0 Å². The second-order valence-electron chi connectivity index (χ2n) is 6.57. The fourth-order valence-corrected chi connectivity index (χ4v) is 1.95. The summed E-state index contributed by atoms with van der Waals surface area (Å²) in [6, 6.07) is 0. The van der Waals surface area contributed by atoms with Crippen LogP contribution < -0.4 is 5.32 Å². The van der Waals surface area contributed by atoms with E-state index >= 15 is 0 Å². The number of aryl methyl sites for hydroxylation is 2. The van der Waals surface area contributed by atoms with Crippen LogP contribution in [-0.2, 0) is 28.9 Å². The molecule has 130 valence electrons. The molecule has 1 unspecified atom stereocenters. The average molecular weight is 326 g/mol. The van der Waals surface area contributed by atoms with E-state index in [2.05, 4.69) is 15.4 Å². The number of ether oxygens (including phenoxy) is 1. The molecule has 1 heterocycles. The number of carboxylic acids is 1. The molecule has 0 saturated heterocycles. The lowest BCUT2D eigenvalue weighted by Gasteiger charge is -2.28. The Bertz CT molecular complexity index is 577. The van der Waals surface area contributed by atoms with Crippen LogP contribution in [0, 0.1) is 0 Å². The molecule has 8 heteroatoms. The van der Waals surface area contributed by atoms with Crippen molar-refractivity contribution in [2.75, 3.05) is 0 Å². The monoisotopic (exact) mass is 326 g/mol. The van der Waals surface area contributed by atoms with Crippen LogP contribution >= 0.6 is 0 Å². The fourth-order valence-electron chi connectivity index (χ4n) is 1.95. The first-order chi connectivity index (χ1) is 10.5. The van der Waals surface area contributed by atoms with Crippen molar-refractivity contribution in [2.45, 2.75) is 72.1 Å². The lowest BCUT2D eigenvalue weighted by Crippen LogP contribution is -2.56. The van der Waals surface area contributed by atoms with Crippen LogP contribution in [0.25, 0.3) is 0 Å². The van der Waals surface area contributed by atoms with E-state index in [4.69, 9.17) is 4.74 Å². The van der Waals surface area contributed by atoms with Gasteiger partial charge in [-0.15, -0.1) is 0 Å². The topological polar surface area (TPSA) is 106 Å². The van der Waals surface area contributed by atoms with Gasteiger partial charge in [0.05, 0.1) is 6.54 Å². The van der Waals surface area contributed by atoms with Crippen molar-refractivity contribution in [3.63, 3.8) is 0 Å². The number of rotatable bonds is 6. The molecule has 0 bridgehead atoms. The number of aliphatic carboxylic acids is 1. The van der Waals surface area contributed by atoms with E-state index in [0.717, 1.165) is 0 Å². The third-order valence-electron chi connectivity index (χ3n) is 3.14. The van der Waals surface area contributed by atoms with Gasteiger partial charge in [0.15, 0.2) is 11.4 Å². The predicted octanol–water partition coefficient (Wildman–Crippen LogP) is 1.77. The van der Waals surface area contributed by atoms with Crippen LogP contribution in [-0.4, -0.2) is 43.1 Å². The minimum atomic E-state index is -1.55. The molecular weight excluding hydrogens is 300 g/mol. The number of amides is 1. The maximum absolute atomic E-state index is 11.9. The van der Waals surface area contributed by atoms with Crippen LogP contribution in [0.15, 0.2) is 0 Å². The summed E-state index contributed by atoms with van der Waals surface area (Å²) >= 11 is 0. The Kier molecular flexibility index (Phi) is 5.74. The maximum atomic E-state index is 11.9. The highest BCUT2D eigenvalue weighted by Gasteiger charge is 2.38. The zero-order chi connectivity index (χ0) is 17.8. The first-order valence-electron chi connectivity index (χ1n) is 7.68. The molecule has 8 nitrogen and oxygen atoms in total. The number of carbonyl (C=O) groups is 2. The van der Waals surface area contributed by atoms with Gasteiger partial charge in [0.1, 0.15) is 11.4 Å². The van der Waals surface area contributed by atoms with Crippen LogP contribution in [0.3, 0.4) is 0 Å². The summed E-state index contributed by atoms with van der Waals surface area (Å²) in [6.07, 6.45) is 0.495. The molecule has 0 aliphatic carbocycles. The summed E-state index contributed by atoms with van der Waals surface area (Å²) in [5, 5.41) is 16.3. The quantitative estimate of drug-likeness (QED) is 0.825. The van der Waals surface area contributed by atoms with Gasteiger partial charge in [-0.2, -0.15) is 5.10 Å². The Morgan fingerprint density at radius 2 is 1.83 bits per heavy atom. The molecule has 0 radical (unpaired) electrons. The second kappa shape index (κ2) is 6.97. The van der Waals surface area contributed by atoms with Gasteiger partial charge in [-0.1, -0.05) is 13.8 Å². The van der Waals surface area contributed by atoms with Crippen LogP contribution in [0.4, 0.5) is 4.79 Å². The molecule has 1 aromatic heterocycles. The summed E-state index contributed by atoms with van der Waals surface area (Å²) in [7, 11) is 0. The lowest BCUT2D eigenvalue weighted by molar-refractivity contribution is -0.144. The van der Waals surface area contributed by atoms with Gasteiger partial charge >= 0.3 is 12.1 Å². The van der Waals surface area contributed by atoms with Crippen molar-refractivity contribution in [1.29, 1.82) is 0 Å². The Labute approximate surface area is 136 Å². The standard InChI is InChI=1S/C15H26N4O4/c1-7-10-16-11(8-2)19(18-10)9-15(6,12(20)21)17-13(22)23-14(3,4)5/h7-9H2,1-6H3,(H,17,22)(H,20,21). The largest absolute Gasteiger partial charge is 0.479 e. The first-order valence-corrected chi connectivity index (χ1v) is 7.68. The number of aromatic nitrogens is 3. The van der Waals surface area contributed by atoms with Gasteiger partial charge in [-0.25, -0.2) is 19.3 Å². The summed E-state index contributed by atoms with van der Waals surface area (Å²) in [5.74, 6) is 0.158. The molecule has 0 aliphatic rings. The predicted molar refractivity (Wildman–Crippen MR) is 84.2 cm³/mol. The van der Waals surface area contributed by atoms with E-state index in [1.165, 1.54) is 11.6 Å². The first kappa shape index (κ1) is 18.9. The zero-order valence-electron chi connectivity index (χ0n) is 14.6. The Morgan fingerprint density at radius 1 is 1.22 bits per heavy atom. The SMILES string of the molecule is CCc1nc(CC)n(CC(C)(NC(=O)OC(C)(C)C)C(=O)O)n1. The maximum Gasteiger partial charge on any atom is 0.408 e. The van der Waals surface area contributed by atoms with Crippen LogP contribution in [0.5, 0.6) is 0 Å². The van der Waals surface area contributed by atoms with E-state index in [1.807, 2.05) is 13.8 Å². The summed E-state index contributed by atoms with van der Waals surface area (Å²) in [5.41, 5.74) is -2.26. The van der Waals surface area contributed by atoms with Gasteiger partial charge < -0.3 is 15.2 Å². The number of hydrogen-bond acceptors (Lipinski definition) is 5. The fraction of sp³-hybridized carbons (Fsp3) is 0.733. The second-order valence-corrected chi connectivity index (χ2v) is 6.57. The molecule has 1 amide bonds. The molecular formula is C15H26N4O4. The number of carbonyl (C=O) groups excluding carboxylic acids is 1. The molecule has 0 spiro atoms. The van der Waals surface area contributed by atoms with Gasteiger partial charge in [-0.05, 0) is 27.7 Å². The normalized spacial score (nSPS) is 14.2. The minimum absolute atomic E-state index is 0.0300. The summed E-state index contributed by atoms with van der Waals surface area (Å²) < 4.78 is 6.68. The van der Waals surface area contributed by atoms with Gasteiger partial charge in [0.25, 0.3) is 0 Å². The van der Waals surface area contributed by atoms with Gasteiger partial charge in [0.2, 0.25) is 0 Å². The highest BCUT2D eigenvalue weighted by atomic mass is 16.6. The number of nitrogens with zero attached hydrogens (tertiary/aromatic N) is 3. The molecule has 1 atom stereocenters. The molecule has 2 N–H and O–H groups in total. The molecule has 0 aliphatic heterocycles. The molecule has 0 saturated carbocycles. The highest BCUT2D eigenvalue weighted by Crippen LogP contribution is 2.14. The van der Waals surface area contributed by atoms with E-state index in [-0.39, 0.29) is 6.54 Å². The minimum Gasteiger partial charge on any atom is -0.479 e. The van der Waals surface area contributed by atoms with Crippen molar-refractivity contribution in [2.24, 2.45) is 0 Å². The van der Waals surface area contributed by atoms with E-state index in [9.17, 15) is 14.7 Å². The zero-order valence-corrected chi connectivity index (χ0v) is 14.6. The number of alkyl carbamates (subject to hydrolysis) is 1. The van der Waals surface area contributed by atoms with Gasteiger partial charge in [0, 0.05) is 12.8 Å². The Hall–Kier alpha value is -2.12. The Morgan fingerprint density at radius 3 is 2.26 bits per heavy atom. The number of carboxylic acid groups (broad SMARTS) is 1.